The molecule has 106 valence electrons. The van der Waals surface area contributed by atoms with Gasteiger partial charge in [-0.2, -0.15) is 0 Å². The van der Waals surface area contributed by atoms with Gasteiger partial charge in [0.1, 0.15) is 0 Å². The summed E-state index contributed by atoms with van der Waals surface area (Å²) in [5.41, 5.74) is 0. The van der Waals surface area contributed by atoms with Crippen LogP contribution in [0.4, 0.5) is 0 Å². The third kappa shape index (κ3) is 6.05. The van der Waals surface area contributed by atoms with Gasteiger partial charge in [0.25, 0.3) is 5.91 Å². The zero-order valence-corrected chi connectivity index (χ0v) is 11.3. The monoisotopic (exact) mass is 268 g/mol. The van der Waals surface area contributed by atoms with E-state index < -0.39 is 0 Å². The number of ether oxygens (including phenoxy) is 1. The molecule has 19 heavy (non-hydrogen) atoms. The van der Waals surface area contributed by atoms with E-state index >= 15 is 0 Å². The van der Waals surface area contributed by atoms with Gasteiger partial charge in [-0.1, -0.05) is 0 Å². The molecule has 0 saturated carbocycles. The molecule has 1 aromatic rings. The SMILES string of the molecule is COCC(C)NC(=O)CCCNC(=O)c1ccco1. The van der Waals surface area contributed by atoms with E-state index in [0.29, 0.717) is 26.0 Å². The van der Waals surface area contributed by atoms with Crippen molar-refractivity contribution in [2.45, 2.75) is 25.8 Å². The fourth-order valence-electron chi connectivity index (χ4n) is 1.58. The molecule has 0 bridgehead atoms. The third-order valence-corrected chi connectivity index (χ3v) is 2.44. The second-order valence-corrected chi connectivity index (χ2v) is 4.26. The minimum atomic E-state index is -0.266. The normalized spacial score (nSPS) is 11.9. The largest absolute Gasteiger partial charge is 0.459 e. The third-order valence-electron chi connectivity index (χ3n) is 2.44. The molecule has 0 spiro atoms. The Labute approximate surface area is 112 Å². The van der Waals surface area contributed by atoms with Crippen LogP contribution in [0.5, 0.6) is 0 Å². The van der Waals surface area contributed by atoms with Crippen LogP contribution in [-0.4, -0.2) is 38.1 Å². The van der Waals surface area contributed by atoms with Crippen molar-refractivity contribution in [2.75, 3.05) is 20.3 Å². The van der Waals surface area contributed by atoms with Crippen LogP contribution in [-0.2, 0) is 9.53 Å². The summed E-state index contributed by atoms with van der Waals surface area (Å²) in [7, 11) is 1.59. The predicted octanol–water partition coefficient (Wildman–Crippen LogP) is 0.941. The van der Waals surface area contributed by atoms with E-state index in [1.165, 1.54) is 6.26 Å². The number of hydrogen-bond donors (Lipinski definition) is 2. The summed E-state index contributed by atoms with van der Waals surface area (Å²) in [6.45, 7) is 2.80. The van der Waals surface area contributed by atoms with Crippen LogP contribution in [0, 0.1) is 0 Å². The number of carbonyl (C=O) groups excluding carboxylic acids is 2. The highest BCUT2D eigenvalue weighted by Crippen LogP contribution is 1.99. The van der Waals surface area contributed by atoms with Gasteiger partial charge in [-0.05, 0) is 25.5 Å². The molecule has 1 heterocycles. The molecule has 1 aromatic heterocycles. The summed E-state index contributed by atoms with van der Waals surface area (Å²) >= 11 is 0. The van der Waals surface area contributed by atoms with Gasteiger partial charge in [0.2, 0.25) is 5.91 Å². The number of methoxy groups -OCH3 is 1. The summed E-state index contributed by atoms with van der Waals surface area (Å²) in [5, 5.41) is 5.48. The first-order valence-electron chi connectivity index (χ1n) is 6.23. The van der Waals surface area contributed by atoms with E-state index in [1.54, 1.807) is 19.2 Å². The van der Waals surface area contributed by atoms with E-state index in [2.05, 4.69) is 10.6 Å². The summed E-state index contributed by atoms with van der Waals surface area (Å²) in [4.78, 5) is 23.0. The standard InChI is InChI=1S/C13H20N2O4/c1-10(9-18-2)15-12(16)6-3-7-14-13(17)11-5-4-8-19-11/h4-5,8,10H,3,6-7,9H2,1-2H3,(H,14,17)(H,15,16). The lowest BCUT2D eigenvalue weighted by Crippen LogP contribution is -2.36. The van der Waals surface area contributed by atoms with E-state index in [-0.39, 0.29) is 23.6 Å². The Kier molecular flexibility index (Phi) is 6.67. The highest BCUT2D eigenvalue weighted by Gasteiger charge is 2.09. The number of carbonyl (C=O) groups is 2. The smallest absolute Gasteiger partial charge is 0.286 e. The van der Waals surface area contributed by atoms with Crippen LogP contribution in [0.1, 0.15) is 30.3 Å². The molecule has 0 fully saturated rings. The average molecular weight is 268 g/mol. The molecule has 1 rings (SSSR count). The molecule has 0 radical (unpaired) electrons. The minimum absolute atomic E-state index is 0.00444. The van der Waals surface area contributed by atoms with Gasteiger partial charge in [-0.3, -0.25) is 9.59 Å². The first kappa shape index (κ1) is 15.2. The summed E-state index contributed by atoms with van der Waals surface area (Å²) in [5.74, 6) is -0.0341. The van der Waals surface area contributed by atoms with Crippen molar-refractivity contribution < 1.29 is 18.7 Å². The maximum Gasteiger partial charge on any atom is 0.286 e. The van der Waals surface area contributed by atoms with E-state index in [4.69, 9.17) is 9.15 Å². The second kappa shape index (κ2) is 8.31. The Morgan fingerprint density at radius 2 is 2.26 bits per heavy atom. The molecule has 2 amide bonds. The Hall–Kier alpha value is -1.82. The minimum Gasteiger partial charge on any atom is -0.459 e. The molecule has 0 saturated heterocycles. The zero-order valence-electron chi connectivity index (χ0n) is 11.3. The Balaban J connectivity index is 2.10. The maximum atomic E-state index is 11.5. The van der Waals surface area contributed by atoms with E-state index in [9.17, 15) is 9.59 Å². The van der Waals surface area contributed by atoms with E-state index in [1.807, 2.05) is 6.92 Å². The molecule has 1 unspecified atom stereocenters. The Morgan fingerprint density at radius 1 is 1.47 bits per heavy atom. The first-order valence-corrected chi connectivity index (χ1v) is 6.23. The summed E-state index contributed by atoms with van der Waals surface area (Å²) in [6.07, 6.45) is 2.39. The molecule has 6 heteroatoms. The number of nitrogens with one attached hydrogen (secondary N) is 2. The molecule has 0 aliphatic heterocycles. The Morgan fingerprint density at radius 3 is 2.89 bits per heavy atom. The van der Waals surface area contributed by atoms with Crippen molar-refractivity contribution in [1.29, 1.82) is 0 Å². The van der Waals surface area contributed by atoms with Gasteiger partial charge < -0.3 is 19.8 Å². The van der Waals surface area contributed by atoms with Gasteiger partial charge >= 0.3 is 0 Å². The van der Waals surface area contributed by atoms with Gasteiger partial charge in [0, 0.05) is 26.1 Å². The molecule has 0 aliphatic rings. The summed E-state index contributed by atoms with van der Waals surface area (Å²) < 4.78 is 9.87. The van der Waals surface area contributed by atoms with Crippen LogP contribution >= 0.6 is 0 Å². The Bertz CT molecular complexity index is 389. The molecule has 0 aromatic carbocycles. The topological polar surface area (TPSA) is 80.6 Å². The first-order chi connectivity index (χ1) is 9.13. The lowest BCUT2D eigenvalue weighted by atomic mass is 10.2. The molecule has 1 atom stereocenters. The van der Waals surface area contributed by atoms with E-state index in [0.717, 1.165) is 0 Å². The van der Waals surface area contributed by atoms with Crippen LogP contribution in [0.25, 0.3) is 0 Å². The van der Waals surface area contributed by atoms with Gasteiger partial charge in [-0.15, -0.1) is 0 Å². The van der Waals surface area contributed by atoms with Crippen molar-refractivity contribution in [3.8, 4) is 0 Å². The van der Waals surface area contributed by atoms with Crippen molar-refractivity contribution >= 4 is 11.8 Å². The highest BCUT2D eigenvalue weighted by atomic mass is 16.5. The molecular formula is C13H20N2O4. The number of furan rings is 1. The van der Waals surface area contributed by atoms with Crippen LogP contribution < -0.4 is 10.6 Å². The predicted molar refractivity (Wildman–Crippen MR) is 69.8 cm³/mol. The fraction of sp³-hybridized carbons (Fsp3) is 0.538. The molecule has 6 nitrogen and oxygen atoms in total. The van der Waals surface area contributed by atoms with Gasteiger partial charge in [-0.25, -0.2) is 0 Å². The van der Waals surface area contributed by atoms with Crippen molar-refractivity contribution in [2.24, 2.45) is 0 Å². The lowest BCUT2D eigenvalue weighted by molar-refractivity contribution is -0.122. The molecular weight excluding hydrogens is 248 g/mol. The zero-order chi connectivity index (χ0) is 14.1. The van der Waals surface area contributed by atoms with Crippen molar-refractivity contribution in [3.63, 3.8) is 0 Å². The van der Waals surface area contributed by atoms with Gasteiger partial charge in [0.15, 0.2) is 5.76 Å². The van der Waals surface area contributed by atoms with Crippen molar-refractivity contribution in [1.82, 2.24) is 10.6 Å². The average Bonchev–Trinajstić information content (AvgIpc) is 2.88. The molecule has 2 N–H and O–H groups in total. The fourth-order valence-corrected chi connectivity index (χ4v) is 1.58. The number of hydrogen-bond acceptors (Lipinski definition) is 4. The van der Waals surface area contributed by atoms with Crippen LogP contribution in [0.15, 0.2) is 22.8 Å². The summed E-state index contributed by atoms with van der Waals surface area (Å²) in [6, 6.07) is 3.24. The van der Waals surface area contributed by atoms with Crippen LogP contribution in [0.3, 0.4) is 0 Å². The molecule has 0 aliphatic carbocycles. The highest BCUT2D eigenvalue weighted by molar-refractivity contribution is 5.91. The van der Waals surface area contributed by atoms with Gasteiger partial charge in [0.05, 0.1) is 12.9 Å². The quantitative estimate of drug-likeness (QED) is 0.688. The second-order valence-electron chi connectivity index (χ2n) is 4.26. The van der Waals surface area contributed by atoms with Crippen molar-refractivity contribution in [3.05, 3.63) is 24.2 Å². The number of rotatable bonds is 8. The van der Waals surface area contributed by atoms with Crippen LogP contribution in [0.2, 0.25) is 0 Å². The lowest BCUT2D eigenvalue weighted by Gasteiger charge is -2.12. The number of amides is 2. The maximum absolute atomic E-state index is 11.5.